The second-order valence-corrected chi connectivity index (χ2v) is 6.33. The molecule has 1 aromatic carbocycles. The van der Waals surface area contributed by atoms with Gasteiger partial charge in [0.25, 0.3) is 0 Å². The van der Waals surface area contributed by atoms with Crippen LogP contribution in [0.2, 0.25) is 0 Å². The normalized spacial score (nSPS) is 13.9. The number of hydrogen-bond donors (Lipinski definition) is 3. The number of aliphatic carboxylic acids is 2. The van der Waals surface area contributed by atoms with Gasteiger partial charge in [-0.1, -0.05) is 55.3 Å². The molecule has 0 spiro atoms. The number of hydrogen-bond acceptors (Lipinski definition) is 4. The molecule has 140 valence electrons. The summed E-state index contributed by atoms with van der Waals surface area (Å²) < 4.78 is 0. The average Bonchev–Trinajstić information content (AvgIpc) is 3.06. The summed E-state index contributed by atoms with van der Waals surface area (Å²) in [4.78, 5) is 28.6. The number of carboxylic acid groups (broad SMARTS) is 2. The lowest BCUT2D eigenvalue weighted by atomic mass is 9.76. The van der Waals surface area contributed by atoms with E-state index in [9.17, 15) is 19.8 Å². The first-order valence-electron chi connectivity index (χ1n) is 8.73. The predicted molar refractivity (Wildman–Crippen MR) is 97.4 cm³/mol. The molecule has 6 heteroatoms. The van der Waals surface area contributed by atoms with Crippen molar-refractivity contribution < 1.29 is 24.6 Å². The maximum atomic E-state index is 11.8. The Morgan fingerprint density at radius 1 is 1.08 bits per heavy atom. The van der Waals surface area contributed by atoms with Crippen molar-refractivity contribution in [2.45, 2.75) is 43.9 Å². The van der Waals surface area contributed by atoms with Gasteiger partial charge in [0.05, 0.1) is 12.8 Å². The molecule has 0 bridgehead atoms. The van der Waals surface area contributed by atoms with Gasteiger partial charge in [-0.15, -0.1) is 0 Å². The molecule has 1 aliphatic carbocycles. The first-order chi connectivity index (χ1) is 12.5. The van der Waals surface area contributed by atoms with Crippen molar-refractivity contribution in [2.24, 2.45) is 0 Å². The van der Waals surface area contributed by atoms with Crippen molar-refractivity contribution in [3.63, 3.8) is 0 Å². The Labute approximate surface area is 153 Å². The summed E-state index contributed by atoms with van der Waals surface area (Å²) in [5, 5.41) is 19.3. The molecule has 0 heterocycles. The van der Waals surface area contributed by atoms with Gasteiger partial charge < -0.3 is 10.2 Å². The summed E-state index contributed by atoms with van der Waals surface area (Å²) >= 11 is 0. The third-order valence-corrected chi connectivity index (χ3v) is 4.74. The smallest absolute Gasteiger partial charge is 0.325 e. The minimum atomic E-state index is -1.89. The maximum absolute atomic E-state index is 11.8. The Balaban J connectivity index is 1.94. The van der Waals surface area contributed by atoms with Gasteiger partial charge in [0.1, 0.15) is 0 Å². The number of allylic oxidation sites excluding steroid dienone is 3. The van der Waals surface area contributed by atoms with Gasteiger partial charge in [-0.3, -0.25) is 19.9 Å². The van der Waals surface area contributed by atoms with Crippen LogP contribution in [0.15, 0.2) is 53.8 Å². The highest BCUT2D eigenvalue weighted by Gasteiger charge is 2.47. The van der Waals surface area contributed by atoms with E-state index in [-0.39, 0.29) is 6.42 Å². The second-order valence-electron chi connectivity index (χ2n) is 6.33. The monoisotopic (exact) mass is 359 g/mol. The molecular formula is C20H25NO5. The van der Waals surface area contributed by atoms with Crippen LogP contribution in [-0.4, -0.2) is 29.3 Å². The van der Waals surface area contributed by atoms with Crippen LogP contribution < -0.4 is 5.48 Å². The standard InChI is InChI=1S/C20H25NO5/c1-26-21-17-13-8-10-15(17)9-4-3-7-14-20(18(22)23,19(24)25)16-11-5-2-6-12-16/h2,5-6,10-13,21H,3-4,7-9,14H2,1H3,(H,22,23)(H,24,25). The average molecular weight is 359 g/mol. The minimum absolute atomic E-state index is 0.0692. The maximum Gasteiger partial charge on any atom is 0.325 e. The summed E-state index contributed by atoms with van der Waals surface area (Å²) in [6.45, 7) is 0. The summed E-state index contributed by atoms with van der Waals surface area (Å²) in [7, 11) is 1.57. The highest BCUT2D eigenvalue weighted by Crippen LogP contribution is 2.32. The SMILES string of the molecule is CONC1=CCC=C1CCCCCC(C(=O)O)(C(=O)O)c1ccccc1. The zero-order valence-corrected chi connectivity index (χ0v) is 14.9. The quantitative estimate of drug-likeness (QED) is 0.318. The molecule has 0 unspecified atom stereocenters. The topological polar surface area (TPSA) is 95.9 Å². The van der Waals surface area contributed by atoms with Crippen molar-refractivity contribution in [3.05, 3.63) is 59.3 Å². The van der Waals surface area contributed by atoms with Crippen molar-refractivity contribution in [1.29, 1.82) is 0 Å². The van der Waals surface area contributed by atoms with Gasteiger partial charge in [0.2, 0.25) is 0 Å². The largest absolute Gasteiger partial charge is 0.480 e. The zero-order chi connectivity index (χ0) is 19.0. The Bertz CT molecular complexity index is 679. The highest BCUT2D eigenvalue weighted by atomic mass is 16.6. The van der Waals surface area contributed by atoms with E-state index in [1.165, 1.54) is 5.57 Å². The summed E-state index contributed by atoms with van der Waals surface area (Å²) in [6, 6.07) is 8.21. The summed E-state index contributed by atoms with van der Waals surface area (Å²) in [5.41, 5.74) is 3.42. The van der Waals surface area contributed by atoms with Gasteiger partial charge in [-0.25, -0.2) is 0 Å². The molecule has 0 aromatic heterocycles. The van der Waals surface area contributed by atoms with Crippen LogP contribution in [0.3, 0.4) is 0 Å². The molecule has 0 fully saturated rings. The molecule has 0 atom stereocenters. The van der Waals surface area contributed by atoms with E-state index in [2.05, 4.69) is 11.6 Å². The van der Waals surface area contributed by atoms with Crippen LogP contribution in [0.4, 0.5) is 0 Å². The fraction of sp³-hybridized carbons (Fsp3) is 0.400. The molecule has 1 aliphatic rings. The van der Waals surface area contributed by atoms with E-state index in [0.29, 0.717) is 12.0 Å². The first-order valence-corrected chi connectivity index (χ1v) is 8.73. The molecule has 6 nitrogen and oxygen atoms in total. The van der Waals surface area contributed by atoms with Gasteiger partial charge >= 0.3 is 11.9 Å². The van der Waals surface area contributed by atoms with Crippen molar-refractivity contribution in [1.82, 2.24) is 5.48 Å². The molecule has 0 saturated heterocycles. The Morgan fingerprint density at radius 2 is 1.77 bits per heavy atom. The molecular weight excluding hydrogens is 334 g/mol. The van der Waals surface area contributed by atoms with E-state index in [0.717, 1.165) is 31.4 Å². The number of carboxylic acids is 2. The fourth-order valence-electron chi connectivity index (χ4n) is 3.32. The number of unbranched alkanes of at least 4 members (excludes halogenated alkanes) is 2. The van der Waals surface area contributed by atoms with Gasteiger partial charge in [0, 0.05) is 0 Å². The van der Waals surface area contributed by atoms with Crippen molar-refractivity contribution in [2.75, 3.05) is 7.11 Å². The fourth-order valence-corrected chi connectivity index (χ4v) is 3.32. The lowest BCUT2D eigenvalue weighted by molar-refractivity contribution is -0.158. The number of nitrogens with one attached hydrogen (secondary N) is 1. The van der Waals surface area contributed by atoms with E-state index in [1.54, 1.807) is 37.4 Å². The van der Waals surface area contributed by atoms with E-state index in [1.807, 2.05) is 6.08 Å². The molecule has 0 saturated carbocycles. The number of rotatable bonds is 11. The molecule has 1 aromatic rings. The second kappa shape index (κ2) is 9.20. The predicted octanol–water partition coefficient (Wildman–Crippen LogP) is 3.41. The Kier molecular flexibility index (Phi) is 6.97. The number of hydroxylamine groups is 1. The highest BCUT2D eigenvalue weighted by molar-refractivity contribution is 6.04. The van der Waals surface area contributed by atoms with Crippen LogP contribution in [0.5, 0.6) is 0 Å². The minimum Gasteiger partial charge on any atom is -0.480 e. The molecule has 0 aliphatic heterocycles. The van der Waals surface area contributed by atoms with Gasteiger partial charge in [-0.05, 0) is 36.8 Å². The third-order valence-electron chi connectivity index (χ3n) is 4.74. The van der Waals surface area contributed by atoms with Crippen LogP contribution in [0.1, 0.15) is 44.1 Å². The van der Waals surface area contributed by atoms with E-state index >= 15 is 0 Å². The molecule has 2 rings (SSSR count). The summed E-state index contributed by atoms with van der Waals surface area (Å²) in [5.74, 6) is -2.63. The molecule has 26 heavy (non-hydrogen) atoms. The number of benzene rings is 1. The Morgan fingerprint density at radius 3 is 2.38 bits per heavy atom. The van der Waals surface area contributed by atoms with Crippen molar-refractivity contribution in [3.8, 4) is 0 Å². The Hall–Kier alpha value is -2.60. The van der Waals surface area contributed by atoms with Crippen molar-refractivity contribution >= 4 is 11.9 Å². The number of carbonyl (C=O) groups is 2. The van der Waals surface area contributed by atoms with Crippen LogP contribution in [0, 0.1) is 0 Å². The molecule has 0 amide bonds. The molecule has 3 N–H and O–H groups in total. The van der Waals surface area contributed by atoms with Crippen LogP contribution >= 0.6 is 0 Å². The molecule has 0 radical (unpaired) electrons. The van der Waals surface area contributed by atoms with E-state index in [4.69, 9.17) is 4.84 Å². The lowest BCUT2D eigenvalue weighted by Crippen LogP contribution is -2.43. The first kappa shape index (κ1) is 19.7. The zero-order valence-electron chi connectivity index (χ0n) is 14.9. The van der Waals surface area contributed by atoms with Crippen LogP contribution in [-0.2, 0) is 19.8 Å². The van der Waals surface area contributed by atoms with Crippen LogP contribution in [0.25, 0.3) is 0 Å². The van der Waals surface area contributed by atoms with E-state index < -0.39 is 17.4 Å². The van der Waals surface area contributed by atoms with Gasteiger partial charge in [-0.2, -0.15) is 0 Å². The third kappa shape index (κ3) is 4.32. The lowest BCUT2D eigenvalue weighted by Gasteiger charge is -2.25. The summed E-state index contributed by atoms with van der Waals surface area (Å²) in [6.07, 6.45) is 8.11. The van der Waals surface area contributed by atoms with Gasteiger partial charge in [0.15, 0.2) is 5.41 Å².